The average Bonchev–Trinajstić information content (AvgIpc) is 3.04. The lowest BCUT2D eigenvalue weighted by atomic mass is 10.1. The van der Waals surface area contributed by atoms with Crippen LogP contribution in [0.1, 0.15) is 21.6 Å². The minimum Gasteiger partial charge on any atom is -0.394 e. The Morgan fingerprint density at radius 3 is 2.77 bits per heavy atom. The van der Waals surface area contributed by atoms with Gasteiger partial charge in [-0.1, -0.05) is 24.3 Å². The van der Waals surface area contributed by atoms with E-state index in [1.165, 1.54) is 18.3 Å². The minimum absolute atomic E-state index is 0.104. The Bertz CT molecular complexity index is 970. The zero-order valence-electron chi connectivity index (χ0n) is 14.2. The summed E-state index contributed by atoms with van der Waals surface area (Å²) >= 11 is 0. The number of aromatic nitrogens is 3. The van der Waals surface area contributed by atoms with Gasteiger partial charge < -0.3 is 10.4 Å². The number of hydrogen-bond donors (Lipinski definition) is 2. The Hall–Kier alpha value is -3.50. The average molecular weight is 347 g/mol. The molecule has 0 atom stereocenters. The molecule has 0 aliphatic carbocycles. The van der Waals surface area contributed by atoms with Crippen LogP contribution in [0.5, 0.6) is 0 Å². The highest BCUT2D eigenvalue weighted by molar-refractivity contribution is 6.02. The summed E-state index contributed by atoms with van der Waals surface area (Å²) in [6, 6.07) is 14.6. The van der Waals surface area contributed by atoms with Gasteiger partial charge in [0.1, 0.15) is 17.6 Å². The molecule has 0 radical (unpaired) electrons. The smallest absolute Gasteiger partial charge is 0.275 e. The van der Waals surface area contributed by atoms with Crippen molar-refractivity contribution >= 4 is 11.7 Å². The van der Waals surface area contributed by atoms with Gasteiger partial charge in [0.25, 0.3) is 5.91 Å². The van der Waals surface area contributed by atoms with Crippen molar-refractivity contribution in [3.05, 3.63) is 65.5 Å². The molecule has 3 rings (SSSR count). The van der Waals surface area contributed by atoms with Crippen molar-refractivity contribution in [3.8, 4) is 17.3 Å². The van der Waals surface area contributed by atoms with Gasteiger partial charge in [-0.15, -0.1) is 0 Å². The van der Waals surface area contributed by atoms with Gasteiger partial charge in [-0.25, -0.2) is 9.67 Å². The lowest BCUT2D eigenvalue weighted by molar-refractivity contribution is 0.102. The summed E-state index contributed by atoms with van der Waals surface area (Å²) in [5, 5.41) is 25.3. The molecule has 7 nitrogen and oxygen atoms in total. The molecule has 0 spiro atoms. The predicted octanol–water partition coefficient (Wildman–Crippen LogP) is 2.37. The van der Waals surface area contributed by atoms with Crippen molar-refractivity contribution in [1.82, 2.24) is 14.8 Å². The van der Waals surface area contributed by atoms with Gasteiger partial charge in [-0.05, 0) is 24.6 Å². The number of rotatable bonds is 5. The van der Waals surface area contributed by atoms with Crippen LogP contribution < -0.4 is 5.32 Å². The fourth-order valence-corrected chi connectivity index (χ4v) is 2.55. The Labute approximate surface area is 150 Å². The number of nitrogens with one attached hydrogen (secondary N) is 1. The molecular weight excluding hydrogens is 330 g/mol. The summed E-state index contributed by atoms with van der Waals surface area (Å²) in [5.41, 5.74) is 3.30. The molecule has 130 valence electrons. The molecule has 2 N–H and O–H groups in total. The van der Waals surface area contributed by atoms with Crippen LogP contribution in [0.3, 0.4) is 0 Å². The number of aliphatic hydroxyl groups is 1. The Kier molecular flexibility index (Phi) is 5.06. The molecule has 0 saturated carbocycles. The van der Waals surface area contributed by atoms with E-state index in [2.05, 4.69) is 15.4 Å². The van der Waals surface area contributed by atoms with Crippen molar-refractivity contribution in [3.63, 3.8) is 0 Å². The first kappa shape index (κ1) is 17.3. The normalized spacial score (nSPS) is 10.3. The molecule has 26 heavy (non-hydrogen) atoms. The second kappa shape index (κ2) is 7.59. The van der Waals surface area contributed by atoms with Crippen LogP contribution in [0.25, 0.3) is 11.3 Å². The number of benzene rings is 1. The summed E-state index contributed by atoms with van der Waals surface area (Å²) in [4.78, 5) is 16.4. The second-order valence-electron chi connectivity index (χ2n) is 5.67. The lowest BCUT2D eigenvalue weighted by Crippen LogP contribution is -2.17. The summed E-state index contributed by atoms with van der Waals surface area (Å²) < 4.78 is 1.54. The van der Waals surface area contributed by atoms with Gasteiger partial charge in [-0.3, -0.25) is 4.79 Å². The van der Waals surface area contributed by atoms with Crippen LogP contribution in [0.15, 0.2) is 48.7 Å². The van der Waals surface area contributed by atoms with Gasteiger partial charge >= 0.3 is 0 Å². The second-order valence-corrected chi connectivity index (χ2v) is 5.67. The highest BCUT2D eigenvalue weighted by Gasteiger charge is 2.15. The number of hydrogen-bond acceptors (Lipinski definition) is 5. The monoisotopic (exact) mass is 347 g/mol. The van der Waals surface area contributed by atoms with Crippen molar-refractivity contribution in [2.24, 2.45) is 0 Å². The molecule has 1 amide bonds. The van der Waals surface area contributed by atoms with Crippen LogP contribution in [-0.4, -0.2) is 32.4 Å². The third-order valence-electron chi connectivity index (χ3n) is 3.88. The topological polar surface area (TPSA) is 104 Å². The summed E-state index contributed by atoms with van der Waals surface area (Å²) in [7, 11) is 0. The summed E-state index contributed by atoms with van der Waals surface area (Å²) in [5.74, 6) is 0.0541. The zero-order chi connectivity index (χ0) is 18.5. The molecular formula is C19H17N5O2. The van der Waals surface area contributed by atoms with Gasteiger partial charge in [0.05, 0.1) is 24.4 Å². The van der Waals surface area contributed by atoms with Crippen molar-refractivity contribution in [1.29, 1.82) is 5.26 Å². The van der Waals surface area contributed by atoms with Crippen molar-refractivity contribution in [2.75, 3.05) is 11.9 Å². The number of anilines is 1. The van der Waals surface area contributed by atoms with E-state index in [1.54, 1.807) is 10.7 Å². The first-order chi connectivity index (χ1) is 12.6. The van der Waals surface area contributed by atoms with E-state index >= 15 is 0 Å². The molecule has 0 aliphatic rings. The maximum atomic E-state index is 12.4. The highest BCUT2D eigenvalue weighted by Crippen LogP contribution is 2.25. The standard InChI is InChI=1S/C19H17N5O2/c1-13-4-2-3-5-15(13)17-10-18(24(23-17)8-9-25)22-19(26)16-7-6-14(11-20)12-21-16/h2-7,10,12,25H,8-9H2,1H3,(H,22,26). The minimum atomic E-state index is -0.412. The molecule has 0 aliphatic heterocycles. The number of nitriles is 1. The number of aryl methyl sites for hydroxylation is 1. The number of amides is 1. The molecule has 0 fully saturated rings. The summed E-state index contributed by atoms with van der Waals surface area (Å²) in [6.07, 6.45) is 1.35. The molecule has 2 aromatic heterocycles. The fourth-order valence-electron chi connectivity index (χ4n) is 2.55. The SMILES string of the molecule is Cc1ccccc1-c1cc(NC(=O)c2ccc(C#N)cn2)n(CCO)n1. The van der Waals surface area contributed by atoms with Gasteiger partial charge in [-0.2, -0.15) is 10.4 Å². The van der Waals surface area contributed by atoms with E-state index in [1.807, 2.05) is 37.3 Å². The lowest BCUT2D eigenvalue weighted by Gasteiger charge is -2.07. The Balaban J connectivity index is 1.90. The van der Waals surface area contributed by atoms with Gasteiger partial charge in [0.2, 0.25) is 0 Å². The van der Waals surface area contributed by atoms with Gasteiger partial charge in [0, 0.05) is 17.8 Å². The highest BCUT2D eigenvalue weighted by atomic mass is 16.3. The largest absolute Gasteiger partial charge is 0.394 e. The van der Waals surface area contributed by atoms with E-state index in [9.17, 15) is 9.90 Å². The predicted molar refractivity (Wildman–Crippen MR) is 96.4 cm³/mol. The van der Waals surface area contributed by atoms with Crippen LogP contribution >= 0.6 is 0 Å². The maximum absolute atomic E-state index is 12.4. The Morgan fingerprint density at radius 2 is 2.12 bits per heavy atom. The van der Waals surface area contributed by atoms with E-state index in [0.717, 1.165) is 11.1 Å². The fraction of sp³-hybridized carbons (Fsp3) is 0.158. The van der Waals surface area contributed by atoms with E-state index in [4.69, 9.17) is 5.26 Å². The number of carbonyl (C=O) groups excluding carboxylic acids is 1. The zero-order valence-corrected chi connectivity index (χ0v) is 14.2. The molecule has 1 aromatic carbocycles. The molecule has 0 unspecified atom stereocenters. The maximum Gasteiger partial charge on any atom is 0.275 e. The Morgan fingerprint density at radius 1 is 1.31 bits per heavy atom. The van der Waals surface area contributed by atoms with E-state index in [0.29, 0.717) is 17.1 Å². The molecule has 0 saturated heterocycles. The van der Waals surface area contributed by atoms with Crippen molar-refractivity contribution < 1.29 is 9.90 Å². The van der Waals surface area contributed by atoms with Crippen LogP contribution in [-0.2, 0) is 6.54 Å². The summed E-state index contributed by atoms with van der Waals surface area (Å²) in [6.45, 7) is 2.13. The van der Waals surface area contributed by atoms with E-state index < -0.39 is 5.91 Å². The third kappa shape index (κ3) is 3.61. The van der Waals surface area contributed by atoms with E-state index in [-0.39, 0.29) is 18.8 Å². The molecule has 7 heteroatoms. The number of nitrogens with zero attached hydrogens (tertiary/aromatic N) is 4. The molecule has 3 aromatic rings. The number of carbonyl (C=O) groups is 1. The van der Waals surface area contributed by atoms with Crippen LogP contribution in [0.2, 0.25) is 0 Å². The van der Waals surface area contributed by atoms with Gasteiger partial charge in [0.15, 0.2) is 0 Å². The molecule has 0 bridgehead atoms. The van der Waals surface area contributed by atoms with Crippen molar-refractivity contribution in [2.45, 2.75) is 13.5 Å². The quantitative estimate of drug-likeness (QED) is 0.737. The van der Waals surface area contributed by atoms with Crippen LogP contribution in [0, 0.1) is 18.3 Å². The first-order valence-corrected chi connectivity index (χ1v) is 8.04. The number of aliphatic hydroxyl groups excluding tert-OH is 1. The molecule has 2 heterocycles. The number of pyridine rings is 1. The third-order valence-corrected chi connectivity index (χ3v) is 3.88. The van der Waals surface area contributed by atoms with Crippen LogP contribution in [0.4, 0.5) is 5.82 Å². The first-order valence-electron chi connectivity index (χ1n) is 8.04.